The zero-order valence-corrected chi connectivity index (χ0v) is 17.1. The number of esters is 1. The Morgan fingerprint density at radius 1 is 1.31 bits per heavy atom. The fraction of sp³-hybridized carbons (Fsp3) is 0.421. The number of hydrogen-bond donors (Lipinski definition) is 1. The standard InChI is InChI=1S/C19H24N2O3S2/c1-5-19(3,4)21-16(22)10-24-17(23)15-9-7-6-8-14(15)12-26-18-20-13(2)11-25-18/h6-9,11H,5,10,12H2,1-4H3,(H,21,22). The second kappa shape index (κ2) is 9.19. The van der Waals surface area contributed by atoms with Gasteiger partial charge in [0.2, 0.25) is 0 Å². The smallest absolute Gasteiger partial charge is 0.338 e. The summed E-state index contributed by atoms with van der Waals surface area (Å²) in [4.78, 5) is 28.8. The molecule has 0 aliphatic carbocycles. The van der Waals surface area contributed by atoms with Gasteiger partial charge in [0.15, 0.2) is 6.61 Å². The molecule has 0 fully saturated rings. The van der Waals surface area contributed by atoms with Gasteiger partial charge in [0.05, 0.1) is 5.56 Å². The van der Waals surface area contributed by atoms with Crippen molar-refractivity contribution >= 4 is 35.0 Å². The van der Waals surface area contributed by atoms with Crippen LogP contribution in [0.15, 0.2) is 34.0 Å². The second-order valence-electron chi connectivity index (χ2n) is 6.56. The average Bonchev–Trinajstić information content (AvgIpc) is 3.03. The van der Waals surface area contributed by atoms with Gasteiger partial charge in [0, 0.05) is 22.4 Å². The van der Waals surface area contributed by atoms with E-state index in [4.69, 9.17) is 4.74 Å². The number of ether oxygens (including phenoxy) is 1. The molecular formula is C19H24N2O3S2. The Morgan fingerprint density at radius 3 is 2.69 bits per heavy atom. The third kappa shape index (κ3) is 6.14. The molecule has 1 heterocycles. The van der Waals surface area contributed by atoms with Crippen molar-refractivity contribution in [3.05, 3.63) is 46.5 Å². The normalized spacial score (nSPS) is 11.2. The van der Waals surface area contributed by atoms with Crippen LogP contribution >= 0.6 is 23.1 Å². The van der Waals surface area contributed by atoms with E-state index < -0.39 is 5.97 Å². The van der Waals surface area contributed by atoms with Crippen molar-refractivity contribution in [3.63, 3.8) is 0 Å². The predicted octanol–water partition coefficient (Wildman–Crippen LogP) is 4.21. The minimum absolute atomic E-state index is 0.282. The number of nitrogens with one attached hydrogen (secondary N) is 1. The van der Waals surface area contributed by atoms with Gasteiger partial charge in [-0.1, -0.05) is 36.9 Å². The molecule has 7 heteroatoms. The number of thioether (sulfide) groups is 1. The van der Waals surface area contributed by atoms with Crippen molar-refractivity contribution < 1.29 is 14.3 Å². The number of amides is 1. The summed E-state index contributed by atoms with van der Waals surface area (Å²) in [6, 6.07) is 7.29. The fourth-order valence-corrected chi connectivity index (χ4v) is 3.95. The molecule has 0 atom stereocenters. The van der Waals surface area contributed by atoms with Gasteiger partial charge >= 0.3 is 5.97 Å². The molecule has 0 saturated carbocycles. The first-order chi connectivity index (χ1) is 12.3. The number of thiazole rings is 1. The van der Waals surface area contributed by atoms with Crippen LogP contribution in [0.5, 0.6) is 0 Å². The van der Waals surface area contributed by atoms with E-state index in [0.29, 0.717) is 11.3 Å². The zero-order valence-electron chi connectivity index (χ0n) is 15.5. The van der Waals surface area contributed by atoms with Gasteiger partial charge in [-0.15, -0.1) is 11.3 Å². The third-order valence-electron chi connectivity index (χ3n) is 3.88. The summed E-state index contributed by atoms with van der Waals surface area (Å²) in [7, 11) is 0. The van der Waals surface area contributed by atoms with E-state index in [1.165, 1.54) is 0 Å². The van der Waals surface area contributed by atoms with Gasteiger partial charge in [-0.05, 0) is 38.8 Å². The number of aryl methyl sites for hydroxylation is 1. The highest BCUT2D eigenvalue weighted by atomic mass is 32.2. The largest absolute Gasteiger partial charge is 0.452 e. The molecule has 1 amide bonds. The molecule has 140 valence electrons. The molecule has 0 unspecified atom stereocenters. The number of benzene rings is 1. The van der Waals surface area contributed by atoms with Gasteiger partial charge in [0.25, 0.3) is 5.91 Å². The van der Waals surface area contributed by atoms with Crippen LogP contribution in [0.1, 0.15) is 48.8 Å². The first-order valence-electron chi connectivity index (χ1n) is 8.41. The van der Waals surface area contributed by atoms with Crippen LogP contribution in [0.4, 0.5) is 0 Å². The molecule has 5 nitrogen and oxygen atoms in total. The summed E-state index contributed by atoms with van der Waals surface area (Å²) in [5.41, 5.74) is 2.02. The molecule has 2 rings (SSSR count). The summed E-state index contributed by atoms with van der Waals surface area (Å²) in [6.45, 7) is 7.52. The molecule has 1 N–H and O–H groups in total. The number of rotatable bonds is 8. The number of carbonyl (C=O) groups excluding carboxylic acids is 2. The Hall–Kier alpha value is -1.86. The van der Waals surface area contributed by atoms with Crippen molar-refractivity contribution in [1.82, 2.24) is 10.3 Å². The average molecular weight is 393 g/mol. The van der Waals surface area contributed by atoms with Crippen LogP contribution in [-0.2, 0) is 15.3 Å². The van der Waals surface area contributed by atoms with E-state index in [9.17, 15) is 9.59 Å². The van der Waals surface area contributed by atoms with Gasteiger partial charge in [-0.2, -0.15) is 0 Å². The zero-order chi connectivity index (χ0) is 19.2. The van der Waals surface area contributed by atoms with Gasteiger partial charge in [-0.25, -0.2) is 9.78 Å². The molecule has 0 radical (unpaired) electrons. The van der Waals surface area contributed by atoms with Crippen molar-refractivity contribution in [3.8, 4) is 0 Å². The third-order valence-corrected chi connectivity index (χ3v) is 6.07. The van der Waals surface area contributed by atoms with Crippen LogP contribution < -0.4 is 5.32 Å². The second-order valence-corrected chi connectivity index (χ2v) is 8.64. The van der Waals surface area contributed by atoms with E-state index in [0.717, 1.165) is 22.0 Å². The Bertz CT molecular complexity index is 772. The lowest BCUT2D eigenvalue weighted by molar-refractivity contribution is -0.125. The quantitative estimate of drug-likeness (QED) is 0.538. The highest BCUT2D eigenvalue weighted by Gasteiger charge is 2.20. The Balaban J connectivity index is 1.95. The lowest BCUT2D eigenvalue weighted by Crippen LogP contribution is -2.44. The first-order valence-corrected chi connectivity index (χ1v) is 10.3. The van der Waals surface area contributed by atoms with Crippen molar-refractivity contribution in [2.75, 3.05) is 6.61 Å². The van der Waals surface area contributed by atoms with E-state index in [1.54, 1.807) is 35.2 Å². The number of aromatic nitrogens is 1. The van der Waals surface area contributed by atoms with E-state index in [2.05, 4.69) is 10.3 Å². The van der Waals surface area contributed by atoms with Crippen LogP contribution in [0.2, 0.25) is 0 Å². The molecule has 26 heavy (non-hydrogen) atoms. The van der Waals surface area contributed by atoms with Gasteiger partial charge < -0.3 is 10.1 Å². The van der Waals surface area contributed by atoms with Crippen LogP contribution in [0, 0.1) is 6.92 Å². The highest BCUT2D eigenvalue weighted by molar-refractivity contribution is 8.00. The van der Waals surface area contributed by atoms with Gasteiger partial charge in [-0.3, -0.25) is 4.79 Å². The molecule has 0 aliphatic heterocycles. The van der Waals surface area contributed by atoms with E-state index in [1.807, 2.05) is 45.2 Å². The maximum atomic E-state index is 12.4. The molecular weight excluding hydrogens is 368 g/mol. The van der Waals surface area contributed by atoms with Gasteiger partial charge in [0.1, 0.15) is 4.34 Å². The molecule has 1 aromatic heterocycles. The summed E-state index contributed by atoms with van der Waals surface area (Å²) in [6.07, 6.45) is 0.795. The maximum absolute atomic E-state index is 12.4. The van der Waals surface area contributed by atoms with E-state index >= 15 is 0 Å². The van der Waals surface area contributed by atoms with Crippen LogP contribution in [-0.4, -0.2) is 29.0 Å². The van der Waals surface area contributed by atoms with Crippen LogP contribution in [0.25, 0.3) is 0 Å². The summed E-state index contributed by atoms with van der Waals surface area (Å²) >= 11 is 3.17. The van der Waals surface area contributed by atoms with Crippen molar-refractivity contribution in [2.45, 2.75) is 49.7 Å². The highest BCUT2D eigenvalue weighted by Crippen LogP contribution is 2.27. The molecule has 0 spiro atoms. The lowest BCUT2D eigenvalue weighted by atomic mass is 10.0. The molecule has 0 bridgehead atoms. The molecule has 0 saturated heterocycles. The Kier molecular flexibility index (Phi) is 7.23. The summed E-state index contributed by atoms with van der Waals surface area (Å²) in [5.74, 6) is -0.163. The Labute approximate surface area is 162 Å². The van der Waals surface area contributed by atoms with Crippen molar-refractivity contribution in [1.29, 1.82) is 0 Å². The SMILES string of the molecule is CCC(C)(C)NC(=O)COC(=O)c1ccccc1CSc1nc(C)cs1. The molecule has 1 aromatic carbocycles. The molecule has 2 aromatic rings. The minimum Gasteiger partial charge on any atom is -0.452 e. The topological polar surface area (TPSA) is 68.3 Å². The number of hydrogen-bond acceptors (Lipinski definition) is 6. The minimum atomic E-state index is -0.485. The predicted molar refractivity (Wildman–Crippen MR) is 106 cm³/mol. The fourth-order valence-electron chi connectivity index (χ4n) is 2.09. The number of nitrogens with zero attached hydrogens (tertiary/aromatic N) is 1. The maximum Gasteiger partial charge on any atom is 0.338 e. The molecule has 0 aliphatic rings. The lowest BCUT2D eigenvalue weighted by Gasteiger charge is -2.24. The Morgan fingerprint density at radius 2 is 2.04 bits per heavy atom. The summed E-state index contributed by atoms with van der Waals surface area (Å²) < 4.78 is 6.17. The monoisotopic (exact) mass is 392 g/mol. The number of carbonyl (C=O) groups is 2. The van der Waals surface area contributed by atoms with Crippen LogP contribution in [0.3, 0.4) is 0 Å². The van der Waals surface area contributed by atoms with Crippen molar-refractivity contribution in [2.24, 2.45) is 0 Å². The first kappa shape index (κ1) is 20.5. The van der Waals surface area contributed by atoms with E-state index in [-0.39, 0.29) is 18.1 Å². The summed E-state index contributed by atoms with van der Waals surface area (Å²) in [5, 5.41) is 4.85.